The summed E-state index contributed by atoms with van der Waals surface area (Å²) >= 11 is 0. The summed E-state index contributed by atoms with van der Waals surface area (Å²) < 4.78 is 25.5. The van der Waals surface area contributed by atoms with Crippen LogP contribution in [0.1, 0.15) is 34.1 Å². The van der Waals surface area contributed by atoms with Crippen molar-refractivity contribution in [3.05, 3.63) is 0 Å². The summed E-state index contributed by atoms with van der Waals surface area (Å²) in [6, 6.07) is 0. The van der Waals surface area contributed by atoms with E-state index in [1.165, 1.54) is 27.7 Å². The van der Waals surface area contributed by atoms with Crippen molar-refractivity contribution in [3.63, 3.8) is 0 Å². The maximum absolute atomic E-state index is 11.2. The van der Waals surface area contributed by atoms with Gasteiger partial charge in [-0.1, -0.05) is 0 Å². The second kappa shape index (κ2) is 8.47. The van der Waals surface area contributed by atoms with Gasteiger partial charge in [-0.2, -0.15) is 0 Å². The van der Waals surface area contributed by atoms with Crippen molar-refractivity contribution >= 4 is 23.9 Å². The lowest BCUT2D eigenvalue weighted by molar-refractivity contribution is -0.270. The number of rotatable bonds is 5. The van der Waals surface area contributed by atoms with Crippen molar-refractivity contribution < 1.29 is 42.9 Å². The molecule has 1 aliphatic heterocycles. The van der Waals surface area contributed by atoms with Gasteiger partial charge in [0, 0.05) is 34.1 Å². The molecule has 1 rings (SSSR count). The minimum absolute atomic E-state index is 0.0447. The fourth-order valence-electron chi connectivity index (χ4n) is 2.11. The fourth-order valence-corrected chi connectivity index (χ4v) is 2.11. The molecule has 4 atom stereocenters. The van der Waals surface area contributed by atoms with E-state index >= 15 is 0 Å². The molecular formula is C14H20O9. The summed E-state index contributed by atoms with van der Waals surface area (Å²) in [4.78, 5) is 44.5. The Kier molecular flexibility index (Phi) is 6.95. The summed E-state index contributed by atoms with van der Waals surface area (Å²) in [6.45, 7) is 4.60. The van der Waals surface area contributed by atoms with E-state index < -0.39 is 48.5 Å². The highest BCUT2D eigenvalue weighted by molar-refractivity contribution is 5.68. The molecule has 0 radical (unpaired) electrons. The third-order valence-corrected chi connectivity index (χ3v) is 2.86. The lowest BCUT2D eigenvalue weighted by atomic mass is 10.0. The van der Waals surface area contributed by atoms with E-state index in [0.29, 0.717) is 0 Å². The largest absolute Gasteiger partial charge is 0.463 e. The molecule has 1 saturated heterocycles. The lowest BCUT2D eigenvalue weighted by Crippen LogP contribution is -2.53. The van der Waals surface area contributed by atoms with Crippen LogP contribution in [0.4, 0.5) is 0 Å². The first kappa shape index (κ1) is 18.9. The van der Waals surface area contributed by atoms with E-state index in [2.05, 4.69) is 0 Å². The van der Waals surface area contributed by atoms with E-state index in [1.807, 2.05) is 0 Å². The summed E-state index contributed by atoms with van der Waals surface area (Å²) in [5.41, 5.74) is 0. The molecule has 130 valence electrons. The van der Waals surface area contributed by atoms with Crippen LogP contribution in [0.2, 0.25) is 0 Å². The summed E-state index contributed by atoms with van der Waals surface area (Å²) in [7, 11) is 0. The smallest absolute Gasteiger partial charge is 0.305 e. The highest BCUT2D eigenvalue weighted by atomic mass is 16.7. The molecule has 1 heterocycles. The molecule has 0 spiro atoms. The zero-order valence-corrected chi connectivity index (χ0v) is 13.4. The van der Waals surface area contributed by atoms with Crippen LogP contribution in [0.15, 0.2) is 0 Å². The zero-order valence-electron chi connectivity index (χ0n) is 13.4. The molecule has 0 bridgehead atoms. The Morgan fingerprint density at radius 3 is 1.83 bits per heavy atom. The Balaban J connectivity index is 2.89. The molecule has 1 fully saturated rings. The first-order chi connectivity index (χ1) is 10.7. The number of carbonyl (C=O) groups is 4. The highest BCUT2D eigenvalue weighted by Gasteiger charge is 2.43. The van der Waals surface area contributed by atoms with Gasteiger partial charge in [-0.3, -0.25) is 19.2 Å². The van der Waals surface area contributed by atoms with Gasteiger partial charge in [-0.25, -0.2) is 0 Å². The van der Waals surface area contributed by atoms with Crippen molar-refractivity contribution in [1.82, 2.24) is 0 Å². The molecule has 0 saturated carbocycles. The van der Waals surface area contributed by atoms with E-state index in [0.717, 1.165) is 0 Å². The quantitative estimate of drug-likeness (QED) is 0.510. The Bertz CT molecular complexity index is 473. The minimum Gasteiger partial charge on any atom is -0.463 e. The molecule has 9 heteroatoms. The van der Waals surface area contributed by atoms with E-state index in [4.69, 9.17) is 23.7 Å². The van der Waals surface area contributed by atoms with Crippen molar-refractivity contribution in [2.24, 2.45) is 0 Å². The van der Waals surface area contributed by atoms with Gasteiger partial charge in [0.25, 0.3) is 0 Å². The molecule has 0 aromatic heterocycles. The molecule has 0 aromatic carbocycles. The van der Waals surface area contributed by atoms with Crippen molar-refractivity contribution in [2.45, 2.75) is 58.7 Å². The summed E-state index contributed by atoms with van der Waals surface area (Å²) in [6.07, 6.45) is -3.73. The molecule has 0 amide bonds. The second-order valence-corrected chi connectivity index (χ2v) is 4.99. The molecule has 0 unspecified atom stereocenters. The van der Waals surface area contributed by atoms with Crippen molar-refractivity contribution in [1.29, 1.82) is 0 Å². The molecule has 1 aliphatic rings. The third kappa shape index (κ3) is 6.64. The highest BCUT2D eigenvalue weighted by Crippen LogP contribution is 2.26. The average Bonchev–Trinajstić information content (AvgIpc) is 2.38. The Morgan fingerprint density at radius 1 is 0.826 bits per heavy atom. The van der Waals surface area contributed by atoms with Crippen LogP contribution in [0, 0.1) is 0 Å². The standard InChI is InChI=1S/C14H20O9/c1-7(15)19-6-13-11(20-8(2)16)5-12(21-9(3)17)14(23-13)22-10(4)18/h11-14H,5-6H2,1-4H3/t11-,12+,13+,14-/m1/s1. The Hall–Kier alpha value is -2.16. The van der Waals surface area contributed by atoms with Crippen LogP contribution in [-0.2, 0) is 42.9 Å². The molecule has 23 heavy (non-hydrogen) atoms. The van der Waals surface area contributed by atoms with Crippen LogP contribution in [0.25, 0.3) is 0 Å². The summed E-state index contributed by atoms with van der Waals surface area (Å²) in [5, 5.41) is 0. The van der Waals surface area contributed by atoms with E-state index in [-0.39, 0.29) is 13.0 Å². The predicted molar refractivity (Wildman–Crippen MR) is 72.8 cm³/mol. The Morgan fingerprint density at radius 2 is 1.35 bits per heavy atom. The van der Waals surface area contributed by atoms with Gasteiger partial charge < -0.3 is 23.7 Å². The van der Waals surface area contributed by atoms with Gasteiger partial charge in [-0.05, 0) is 0 Å². The van der Waals surface area contributed by atoms with Crippen LogP contribution in [0.3, 0.4) is 0 Å². The van der Waals surface area contributed by atoms with E-state index in [9.17, 15) is 19.2 Å². The first-order valence-electron chi connectivity index (χ1n) is 6.99. The first-order valence-corrected chi connectivity index (χ1v) is 6.99. The van der Waals surface area contributed by atoms with Gasteiger partial charge in [-0.15, -0.1) is 0 Å². The number of carbonyl (C=O) groups excluding carboxylic acids is 4. The average molecular weight is 332 g/mol. The predicted octanol–water partition coefficient (Wildman–Crippen LogP) is 0.0910. The van der Waals surface area contributed by atoms with Crippen molar-refractivity contribution in [2.75, 3.05) is 6.61 Å². The zero-order chi connectivity index (χ0) is 17.6. The fraction of sp³-hybridized carbons (Fsp3) is 0.714. The van der Waals surface area contributed by atoms with Gasteiger partial charge >= 0.3 is 23.9 Å². The maximum atomic E-state index is 11.2. The SMILES string of the molecule is CC(=O)OC[C@@H]1O[C@@H](OC(C)=O)[C@@H](OC(C)=O)C[C@H]1OC(C)=O. The van der Waals surface area contributed by atoms with Gasteiger partial charge in [0.2, 0.25) is 6.29 Å². The number of hydrogen-bond acceptors (Lipinski definition) is 9. The van der Waals surface area contributed by atoms with Gasteiger partial charge in [0.1, 0.15) is 18.8 Å². The molecular weight excluding hydrogens is 312 g/mol. The normalized spacial score (nSPS) is 26.8. The second-order valence-electron chi connectivity index (χ2n) is 4.99. The third-order valence-electron chi connectivity index (χ3n) is 2.86. The lowest BCUT2D eigenvalue weighted by Gasteiger charge is -2.39. The molecule has 9 nitrogen and oxygen atoms in total. The van der Waals surface area contributed by atoms with Crippen LogP contribution < -0.4 is 0 Å². The number of ether oxygens (including phenoxy) is 5. The van der Waals surface area contributed by atoms with Gasteiger partial charge in [0.05, 0.1) is 0 Å². The molecule has 0 aliphatic carbocycles. The van der Waals surface area contributed by atoms with Crippen molar-refractivity contribution in [3.8, 4) is 0 Å². The van der Waals surface area contributed by atoms with Gasteiger partial charge in [0.15, 0.2) is 6.10 Å². The number of esters is 4. The molecule has 0 aromatic rings. The van der Waals surface area contributed by atoms with Crippen LogP contribution in [-0.4, -0.2) is 55.1 Å². The van der Waals surface area contributed by atoms with Crippen LogP contribution >= 0.6 is 0 Å². The van der Waals surface area contributed by atoms with E-state index in [1.54, 1.807) is 0 Å². The topological polar surface area (TPSA) is 114 Å². The minimum atomic E-state index is -1.18. The monoisotopic (exact) mass is 332 g/mol. The molecule has 0 N–H and O–H groups in total. The number of hydrogen-bond donors (Lipinski definition) is 0. The summed E-state index contributed by atoms with van der Waals surface area (Å²) in [5.74, 6) is -2.35. The Labute approximate surface area is 133 Å². The van der Waals surface area contributed by atoms with Crippen LogP contribution in [0.5, 0.6) is 0 Å². The maximum Gasteiger partial charge on any atom is 0.305 e.